The third-order valence-corrected chi connectivity index (χ3v) is 3.40. The van der Waals surface area contributed by atoms with Gasteiger partial charge in [0.1, 0.15) is 11.0 Å². The predicted molar refractivity (Wildman–Crippen MR) is 68.2 cm³/mol. The fraction of sp³-hybridized carbons (Fsp3) is 0.400. The first kappa shape index (κ1) is 10.9. The Labute approximate surface area is 108 Å². The fourth-order valence-electron chi connectivity index (χ4n) is 1.78. The Hall–Kier alpha value is -1.20. The van der Waals surface area contributed by atoms with Gasteiger partial charge in [-0.1, -0.05) is 23.2 Å². The Morgan fingerprint density at radius 3 is 2.88 bits per heavy atom. The van der Waals surface area contributed by atoms with Gasteiger partial charge in [-0.2, -0.15) is 5.10 Å². The molecule has 1 fully saturated rings. The van der Waals surface area contributed by atoms with Crippen LogP contribution in [0.3, 0.4) is 0 Å². The Kier molecular flexibility index (Phi) is 2.52. The second-order valence-corrected chi connectivity index (χ2v) is 4.94. The number of amidine groups is 1. The van der Waals surface area contributed by atoms with Crippen LogP contribution in [0.1, 0.15) is 24.5 Å². The molecule has 1 aliphatic heterocycles. The van der Waals surface area contributed by atoms with E-state index in [1.807, 2.05) is 6.07 Å². The van der Waals surface area contributed by atoms with Gasteiger partial charge < -0.3 is 5.73 Å². The normalized spacial score (nSPS) is 24.6. The lowest BCUT2D eigenvalue weighted by atomic mass is 10.3. The zero-order chi connectivity index (χ0) is 12.0. The van der Waals surface area contributed by atoms with Crippen LogP contribution in [-0.2, 0) is 0 Å². The Morgan fingerprint density at radius 2 is 2.24 bits per heavy atom. The number of rotatable bonds is 2. The molecule has 1 aromatic rings. The minimum Gasteiger partial charge on any atom is -0.384 e. The van der Waals surface area contributed by atoms with Crippen LogP contribution in [0, 0.1) is 0 Å². The van der Waals surface area contributed by atoms with Gasteiger partial charge in [-0.05, 0) is 12.8 Å². The number of nitrogens with one attached hydrogen (secondary N) is 1. The third-order valence-electron chi connectivity index (χ3n) is 2.81. The summed E-state index contributed by atoms with van der Waals surface area (Å²) < 4.78 is 0. The maximum atomic E-state index is 6.10. The summed E-state index contributed by atoms with van der Waals surface area (Å²) in [5.41, 5.74) is 6.04. The number of aromatic amines is 1. The molecule has 1 atom stereocenters. The number of nitrogens with zero attached hydrogens (tertiary/aromatic N) is 3. The molecule has 5 nitrogen and oxygen atoms in total. The molecule has 0 saturated heterocycles. The maximum absolute atomic E-state index is 6.10. The van der Waals surface area contributed by atoms with Crippen LogP contribution in [0.4, 0.5) is 5.82 Å². The van der Waals surface area contributed by atoms with Crippen LogP contribution in [0.5, 0.6) is 0 Å². The minimum absolute atomic E-state index is 0.323. The van der Waals surface area contributed by atoms with E-state index in [0.29, 0.717) is 22.7 Å². The second-order valence-electron chi connectivity index (χ2n) is 4.16. The van der Waals surface area contributed by atoms with Crippen molar-refractivity contribution in [1.82, 2.24) is 10.2 Å². The number of nitrogens with two attached hydrogens (primary N) is 1. The lowest BCUT2D eigenvalue weighted by molar-refractivity contribution is 0.847. The largest absolute Gasteiger partial charge is 0.384 e. The van der Waals surface area contributed by atoms with Gasteiger partial charge in [0.2, 0.25) is 5.62 Å². The van der Waals surface area contributed by atoms with Gasteiger partial charge in [0.25, 0.3) is 0 Å². The van der Waals surface area contributed by atoms with Gasteiger partial charge >= 0.3 is 0 Å². The van der Waals surface area contributed by atoms with Crippen LogP contribution < -0.4 is 10.6 Å². The van der Waals surface area contributed by atoms with Crippen molar-refractivity contribution in [3.8, 4) is 0 Å². The van der Waals surface area contributed by atoms with E-state index in [4.69, 9.17) is 28.9 Å². The summed E-state index contributed by atoms with van der Waals surface area (Å²) >= 11 is 12.2. The maximum Gasteiger partial charge on any atom is 0.206 e. The lowest BCUT2D eigenvalue weighted by Gasteiger charge is -2.26. The van der Waals surface area contributed by atoms with Crippen molar-refractivity contribution in [1.29, 1.82) is 0 Å². The number of hydrogen-bond donors (Lipinski definition) is 2. The van der Waals surface area contributed by atoms with E-state index < -0.39 is 5.62 Å². The molecule has 0 radical (unpaired) electrons. The van der Waals surface area contributed by atoms with Crippen molar-refractivity contribution in [2.45, 2.75) is 24.4 Å². The van der Waals surface area contributed by atoms with E-state index in [2.05, 4.69) is 15.2 Å². The zero-order valence-corrected chi connectivity index (χ0v) is 10.4. The van der Waals surface area contributed by atoms with Gasteiger partial charge in [0, 0.05) is 23.8 Å². The second kappa shape index (κ2) is 3.92. The standard InChI is InChI=1S/C10H11Cl2N5/c11-7-4-8(13)14-10(12)17(7)9-3-6(15-16-9)5-1-2-5/h3-5,10H,1-2H2,(H2,13,14)(H,15,16). The minimum atomic E-state index is -0.650. The molecule has 0 aromatic carbocycles. The van der Waals surface area contributed by atoms with E-state index >= 15 is 0 Å². The summed E-state index contributed by atoms with van der Waals surface area (Å²) in [6.45, 7) is 0. The predicted octanol–water partition coefficient (Wildman–Crippen LogP) is 2.07. The smallest absolute Gasteiger partial charge is 0.206 e. The van der Waals surface area contributed by atoms with E-state index in [1.54, 1.807) is 11.0 Å². The molecular formula is C10H11Cl2N5. The molecule has 1 aromatic heterocycles. The number of halogens is 2. The summed E-state index contributed by atoms with van der Waals surface area (Å²) in [5.74, 6) is 1.60. The van der Waals surface area contributed by atoms with Gasteiger partial charge in [-0.15, -0.1) is 0 Å². The van der Waals surface area contributed by atoms with Gasteiger partial charge in [-0.25, -0.2) is 4.99 Å². The van der Waals surface area contributed by atoms with Crippen LogP contribution in [0.15, 0.2) is 22.3 Å². The van der Waals surface area contributed by atoms with E-state index in [0.717, 1.165) is 5.69 Å². The molecule has 3 N–H and O–H groups in total. The first-order chi connectivity index (χ1) is 8.15. The number of aromatic nitrogens is 2. The lowest BCUT2D eigenvalue weighted by Crippen LogP contribution is -2.33. The molecule has 1 unspecified atom stereocenters. The van der Waals surface area contributed by atoms with Crippen molar-refractivity contribution in [3.63, 3.8) is 0 Å². The molecule has 0 amide bonds. The topological polar surface area (TPSA) is 70.3 Å². The van der Waals surface area contributed by atoms with E-state index in [9.17, 15) is 0 Å². The van der Waals surface area contributed by atoms with Crippen LogP contribution in [-0.4, -0.2) is 21.7 Å². The highest BCUT2D eigenvalue weighted by atomic mass is 35.5. The first-order valence-electron chi connectivity index (χ1n) is 5.34. The Balaban J connectivity index is 1.89. The molecule has 17 heavy (non-hydrogen) atoms. The number of hydrogen-bond acceptors (Lipinski definition) is 4. The number of alkyl halides is 1. The highest BCUT2D eigenvalue weighted by Crippen LogP contribution is 2.40. The summed E-state index contributed by atoms with van der Waals surface area (Å²) in [7, 11) is 0. The molecule has 1 saturated carbocycles. The molecule has 7 heteroatoms. The fourth-order valence-corrected chi connectivity index (χ4v) is 2.44. The SMILES string of the molecule is NC1=NC(Cl)N(c2cc(C3CC3)[nH]n2)C(Cl)=C1. The van der Waals surface area contributed by atoms with Crippen LogP contribution in [0.2, 0.25) is 0 Å². The van der Waals surface area contributed by atoms with Crippen molar-refractivity contribution in [2.24, 2.45) is 10.7 Å². The summed E-state index contributed by atoms with van der Waals surface area (Å²) in [6, 6.07) is 1.96. The van der Waals surface area contributed by atoms with Crippen LogP contribution >= 0.6 is 23.2 Å². The van der Waals surface area contributed by atoms with Crippen molar-refractivity contribution >= 4 is 34.9 Å². The summed E-state index contributed by atoms with van der Waals surface area (Å²) in [5, 5.41) is 7.63. The summed E-state index contributed by atoms with van der Waals surface area (Å²) in [4.78, 5) is 5.66. The molecule has 90 valence electrons. The van der Waals surface area contributed by atoms with Crippen LogP contribution in [0.25, 0.3) is 0 Å². The Bertz CT molecular complexity index is 503. The summed E-state index contributed by atoms with van der Waals surface area (Å²) in [6.07, 6.45) is 3.98. The molecule has 0 spiro atoms. The molecule has 2 aliphatic rings. The molecule has 3 rings (SSSR count). The van der Waals surface area contributed by atoms with Gasteiger partial charge in [-0.3, -0.25) is 10.00 Å². The zero-order valence-electron chi connectivity index (χ0n) is 8.90. The highest BCUT2D eigenvalue weighted by molar-refractivity contribution is 6.35. The van der Waals surface area contributed by atoms with E-state index in [-0.39, 0.29) is 0 Å². The molecular weight excluding hydrogens is 261 g/mol. The van der Waals surface area contributed by atoms with Gasteiger partial charge in [0.05, 0.1) is 0 Å². The van der Waals surface area contributed by atoms with Gasteiger partial charge in [0.15, 0.2) is 5.82 Å². The highest BCUT2D eigenvalue weighted by Gasteiger charge is 2.29. The van der Waals surface area contributed by atoms with Crippen molar-refractivity contribution in [2.75, 3.05) is 4.90 Å². The van der Waals surface area contributed by atoms with Crippen molar-refractivity contribution < 1.29 is 0 Å². The van der Waals surface area contributed by atoms with E-state index in [1.165, 1.54) is 12.8 Å². The number of aliphatic imine (C=N–C) groups is 1. The third kappa shape index (κ3) is 2.00. The number of anilines is 1. The quantitative estimate of drug-likeness (QED) is 0.639. The molecule has 1 aliphatic carbocycles. The monoisotopic (exact) mass is 271 g/mol. The van der Waals surface area contributed by atoms with Crippen molar-refractivity contribution in [3.05, 3.63) is 23.0 Å². The Morgan fingerprint density at radius 1 is 1.47 bits per heavy atom. The first-order valence-corrected chi connectivity index (χ1v) is 6.15. The average Bonchev–Trinajstić information content (AvgIpc) is 2.98. The molecule has 0 bridgehead atoms. The molecule has 2 heterocycles. The average molecular weight is 272 g/mol. The number of H-pyrrole nitrogens is 1.